The molecule has 4 saturated heterocycles. The second-order valence-electron chi connectivity index (χ2n) is 14.0. The molecule has 1 aromatic rings. The fourth-order valence-corrected chi connectivity index (χ4v) is 7.72. The van der Waals surface area contributed by atoms with Crippen LogP contribution in [0.25, 0.3) is 0 Å². The second-order valence-corrected chi connectivity index (χ2v) is 14.0. The van der Waals surface area contributed by atoms with Gasteiger partial charge >= 0.3 is 0 Å². The molecule has 0 saturated carbocycles. The molecule has 5 rings (SSSR count). The molecule has 0 spiro atoms. The van der Waals surface area contributed by atoms with E-state index in [2.05, 4.69) is 10.6 Å². The van der Waals surface area contributed by atoms with Gasteiger partial charge in [-0.3, -0.25) is 28.8 Å². The predicted molar refractivity (Wildman–Crippen MR) is 179 cm³/mol. The number of carbonyl (C=O) groups is 6. The van der Waals surface area contributed by atoms with E-state index in [9.17, 15) is 28.8 Å². The maximum atomic E-state index is 14.5. The number of piperidine rings is 2. The predicted octanol–water partition coefficient (Wildman–Crippen LogP) is 1.86. The summed E-state index contributed by atoms with van der Waals surface area (Å²) in [5.74, 6) is -2.38. The van der Waals surface area contributed by atoms with E-state index in [1.807, 2.05) is 44.2 Å². The molecule has 48 heavy (non-hydrogen) atoms. The van der Waals surface area contributed by atoms with Crippen LogP contribution in [0.2, 0.25) is 0 Å². The van der Waals surface area contributed by atoms with E-state index in [1.54, 1.807) is 23.8 Å². The molecule has 4 heterocycles. The van der Waals surface area contributed by atoms with Gasteiger partial charge in [-0.2, -0.15) is 0 Å². The number of nitrogens with one attached hydrogen (secondary N) is 2. The maximum Gasteiger partial charge on any atom is 0.246 e. The lowest BCUT2D eigenvalue weighted by molar-refractivity contribution is -0.158. The molecule has 6 amide bonds. The van der Waals surface area contributed by atoms with Crippen LogP contribution in [0.4, 0.5) is 0 Å². The SMILES string of the molecule is CC[C@H](C)[C@@H]1NC(=O)[C@@H](C)NC(=O)[C@@H]2CCCN2C(=O)[C@@H](Cc2ccccc2)N(C)C(=O)[C@@H]2CCCCN2C(=O)[C@H]2CCCCN2C1=O. The van der Waals surface area contributed by atoms with E-state index >= 15 is 0 Å². The Labute approximate surface area is 283 Å². The van der Waals surface area contributed by atoms with Gasteiger partial charge in [0, 0.05) is 33.1 Å². The lowest BCUT2D eigenvalue weighted by Gasteiger charge is -2.44. The van der Waals surface area contributed by atoms with E-state index in [0.29, 0.717) is 51.7 Å². The Hall–Kier alpha value is -3.96. The van der Waals surface area contributed by atoms with Crippen LogP contribution in [0.1, 0.15) is 84.1 Å². The molecule has 12 heteroatoms. The largest absolute Gasteiger partial charge is 0.343 e. The van der Waals surface area contributed by atoms with Crippen LogP contribution in [0.3, 0.4) is 0 Å². The third kappa shape index (κ3) is 7.37. The summed E-state index contributed by atoms with van der Waals surface area (Å²) in [6.45, 7) is 6.51. The summed E-state index contributed by atoms with van der Waals surface area (Å²) in [5, 5.41) is 5.69. The highest BCUT2D eigenvalue weighted by atomic mass is 16.2. The van der Waals surface area contributed by atoms with E-state index < -0.39 is 48.1 Å². The van der Waals surface area contributed by atoms with Crippen molar-refractivity contribution in [3.63, 3.8) is 0 Å². The van der Waals surface area contributed by atoms with Crippen LogP contribution in [0.5, 0.6) is 0 Å². The zero-order chi connectivity index (χ0) is 34.5. The average molecular weight is 665 g/mol. The molecule has 1 aromatic carbocycles. The highest BCUT2D eigenvalue weighted by Crippen LogP contribution is 2.28. The number of fused-ring (bicyclic) bond motifs is 3. The number of hydrogen-bond acceptors (Lipinski definition) is 6. The normalized spacial score (nSPS) is 30.5. The Morgan fingerprint density at radius 3 is 1.90 bits per heavy atom. The van der Waals surface area contributed by atoms with Crippen molar-refractivity contribution in [2.45, 2.75) is 121 Å². The van der Waals surface area contributed by atoms with Crippen molar-refractivity contribution in [2.24, 2.45) is 5.92 Å². The molecular formula is C36H52N6O6. The third-order valence-corrected chi connectivity index (χ3v) is 10.9. The van der Waals surface area contributed by atoms with Crippen LogP contribution >= 0.6 is 0 Å². The Bertz CT molecular complexity index is 1370. The van der Waals surface area contributed by atoms with Gasteiger partial charge in [0.2, 0.25) is 35.4 Å². The Morgan fingerprint density at radius 2 is 1.25 bits per heavy atom. The Morgan fingerprint density at radius 1 is 0.688 bits per heavy atom. The number of nitrogens with zero attached hydrogens (tertiary/aromatic N) is 4. The molecule has 262 valence electrons. The van der Waals surface area contributed by atoms with Gasteiger partial charge in [-0.25, -0.2) is 0 Å². The van der Waals surface area contributed by atoms with Crippen LogP contribution in [0.15, 0.2) is 30.3 Å². The van der Waals surface area contributed by atoms with E-state index in [4.69, 9.17) is 0 Å². The molecule has 0 radical (unpaired) electrons. The molecule has 2 N–H and O–H groups in total. The average Bonchev–Trinajstić information content (AvgIpc) is 3.61. The summed E-state index contributed by atoms with van der Waals surface area (Å²) >= 11 is 0. The highest BCUT2D eigenvalue weighted by Gasteiger charge is 2.46. The zero-order valence-corrected chi connectivity index (χ0v) is 28.9. The van der Waals surface area contributed by atoms with Crippen molar-refractivity contribution >= 4 is 35.4 Å². The van der Waals surface area contributed by atoms with Crippen LogP contribution in [-0.2, 0) is 35.2 Å². The molecule has 7 atom stereocenters. The molecule has 4 fully saturated rings. The van der Waals surface area contributed by atoms with Gasteiger partial charge in [0.25, 0.3) is 0 Å². The van der Waals surface area contributed by atoms with Crippen molar-refractivity contribution in [3.05, 3.63) is 35.9 Å². The molecular weight excluding hydrogens is 612 g/mol. The molecule has 12 nitrogen and oxygen atoms in total. The number of hydrogen-bond donors (Lipinski definition) is 2. The lowest BCUT2D eigenvalue weighted by Crippen LogP contribution is -2.64. The van der Waals surface area contributed by atoms with Gasteiger partial charge in [-0.05, 0) is 69.8 Å². The Kier molecular flexibility index (Phi) is 11.4. The van der Waals surface area contributed by atoms with Crippen molar-refractivity contribution in [1.82, 2.24) is 30.2 Å². The lowest BCUT2D eigenvalue weighted by atomic mass is 9.92. The van der Waals surface area contributed by atoms with Gasteiger partial charge in [0.15, 0.2) is 0 Å². The van der Waals surface area contributed by atoms with E-state index in [-0.39, 0.29) is 36.0 Å². The molecule has 4 aliphatic rings. The number of rotatable bonds is 4. The monoisotopic (exact) mass is 664 g/mol. The first-order valence-corrected chi connectivity index (χ1v) is 17.9. The number of carbonyl (C=O) groups excluding carboxylic acids is 6. The standard InChI is InChI=1S/C36H52N6O6/c1-5-23(2)30-36(48)42-20-12-10-17-28(42)34(46)41-19-11-9-16-27(41)33(45)39(4)29(22-25-14-7-6-8-15-25)35(47)40-21-13-18-26(40)32(44)37-24(3)31(43)38-30/h6-8,14-15,23-24,26-30H,5,9-13,16-22H2,1-4H3,(H,37,44)(H,38,43)/t23-,24+,26-,27-,28+,29+,30-/m0/s1. The summed E-state index contributed by atoms with van der Waals surface area (Å²) in [7, 11) is 1.62. The van der Waals surface area contributed by atoms with Gasteiger partial charge in [-0.1, -0.05) is 50.6 Å². The minimum Gasteiger partial charge on any atom is -0.343 e. The number of likely N-dealkylation sites (N-methyl/N-ethyl adjacent to an activating group) is 1. The zero-order valence-electron chi connectivity index (χ0n) is 28.9. The van der Waals surface area contributed by atoms with Gasteiger partial charge in [0.1, 0.15) is 36.3 Å². The summed E-state index contributed by atoms with van der Waals surface area (Å²) in [5.41, 5.74) is 0.868. The summed E-state index contributed by atoms with van der Waals surface area (Å²) in [6.07, 6.45) is 5.81. The fraction of sp³-hybridized carbons (Fsp3) is 0.667. The van der Waals surface area contributed by atoms with Gasteiger partial charge < -0.3 is 30.2 Å². The third-order valence-electron chi connectivity index (χ3n) is 10.9. The molecule has 0 aromatic heterocycles. The first kappa shape index (κ1) is 35.3. The Balaban J connectivity index is 1.56. The first-order valence-electron chi connectivity index (χ1n) is 17.9. The van der Waals surface area contributed by atoms with E-state index in [1.165, 1.54) is 9.80 Å². The van der Waals surface area contributed by atoms with Gasteiger partial charge in [-0.15, -0.1) is 0 Å². The van der Waals surface area contributed by atoms with Crippen LogP contribution < -0.4 is 10.6 Å². The summed E-state index contributed by atoms with van der Waals surface area (Å²) in [4.78, 5) is 91.0. The highest BCUT2D eigenvalue weighted by molar-refractivity contribution is 5.98. The van der Waals surface area contributed by atoms with Crippen LogP contribution in [-0.4, -0.2) is 118 Å². The molecule has 0 bridgehead atoms. The molecule has 0 unspecified atom stereocenters. The minimum absolute atomic E-state index is 0.227. The molecule has 0 aliphatic carbocycles. The van der Waals surface area contributed by atoms with Crippen molar-refractivity contribution < 1.29 is 28.8 Å². The maximum absolute atomic E-state index is 14.5. The summed E-state index contributed by atoms with van der Waals surface area (Å²) in [6, 6.07) is 4.37. The number of benzene rings is 1. The second kappa shape index (κ2) is 15.5. The minimum atomic E-state index is -0.967. The van der Waals surface area contributed by atoms with Crippen molar-refractivity contribution in [2.75, 3.05) is 26.7 Å². The van der Waals surface area contributed by atoms with Crippen LogP contribution in [0, 0.1) is 5.92 Å². The van der Waals surface area contributed by atoms with Gasteiger partial charge in [0.05, 0.1) is 0 Å². The van der Waals surface area contributed by atoms with Crippen molar-refractivity contribution in [1.29, 1.82) is 0 Å². The topological polar surface area (TPSA) is 139 Å². The van der Waals surface area contributed by atoms with Crippen molar-refractivity contribution in [3.8, 4) is 0 Å². The summed E-state index contributed by atoms with van der Waals surface area (Å²) < 4.78 is 0. The quantitative estimate of drug-likeness (QED) is 0.504. The number of amides is 6. The smallest absolute Gasteiger partial charge is 0.246 e. The van der Waals surface area contributed by atoms with E-state index in [0.717, 1.165) is 31.2 Å². The fourth-order valence-electron chi connectivity index (χ4n) is 7.72. The molecule has 4 aliphatic heterocycles. The first-order chi connectivity index (χ1) is 23.0.